The molecule has 2 aliphatic rings. The molecular formula is C21H22ClN5O2. The van der Waals surface area contributed by atoms with Gasteiger partial charge in [-0.1, -0.05) is 60.1 Å². The topological polar surface area (TPSA) is 68.2 Å². The van der Waals surface area contributed by atoms with Gasteiger partial charge in [0.15, 0.2) is 12.0 Å². The van der Waals surface area contributed by atoms with Crippen molar-refractivity contribution in [3.8, 4) is 0 Å². The molecule has 0 saturated carbocycles. The molecule has 2 aromatic rings. The smallest absolute Gasteiger partial charge is 0.328 e. The van der Waals surface area contributed by atoms with Crippen LogP contribution in [0.15, 0.2) is 59.6 Å². The number of hydrogen-bond donors (Lipinski definition) is 1. The summed E-state index contributed by atoms with van der Waals surface area (Å²) < 4.78 is 0. The number of aliphatic imine (C=N–C) groups is 1. The minimum atomic E-state index is -0.547. The van der Waals surface area contributed by atoms with Gasteiger partial charge in [-0.05, 0) is 17.2 Å². The molecule has 2 fully saturated rings. The van der Waals surface area contributed by atoms with E-state index in [-0.39, 0.29) is 18.5 Å². The van der Waals surface area contributed by atoms with Gasteiger partial charge in [-0.3, -0.25) is 9.69 Å². The number of nitrogens with zero attached hydrogens (tertiary/aromatic N) is 4. The van der Waals surface area contributed by atoms with Gasteiger partial charge in [-0.2, -0.15) is 0 Å². The van der Waals surface area contributed by atoms with Crippen molar-refractivity contribution in [2.24, 2.45) is 4.99 Å². The number of urea groups is 1. The van der Waals surface area contributed by atoms with Gasteiger partial charge in [0.2, 0.25) is 0 Å². The molecule has 8 heteroatoms. The average molecular weight is 412 g/mol. The van der Waals surface area contributed by atoms with Crippen LogP contribution in [-0.4, -0.2) is 58.9 Å². The number of likely N-dealkylation sites (N-methyl/N-ethyl adjacent to an activating group) is 2. The van der Waals surface area contributed by atoms with Crippen molar-refractivity contribution in [1.82, 2.24) is 20.0 Å². The van der Waals surface area contributed by atoms with Gasteiger partial charge in [-0.25, -0.2) is 9.79 Å². The third-order valence-electron chi connectivity index (χ3n) is 5.34. The predicted molar refractivity (Wildman–Crippen MR) is 111 cm³/mol. The number of imide groups is 1. The highest BCUT2D eigenvalue weighted by Gasteiger charge is 2.51. The fourth-order valence-electron chi connectivity index (χ4n) is 3.68. The third-order valence-corrected chi connectivity index (χ3v) is 5.71. The zero-order valence-corrected chi connectivity index (χ0v) is 17.0. The van der Waals surface area contributed by atoms with E-state index in [1.165, 1.54) is 4.90 Å². The highest BCUT2D eigenvalue weighted by molar-refractivity contribution is 6.31. The monoisotopic (exact) mass is 411 g/mol. The van der Waals surface area contributed by atoms with E-state index in [2.05, 4.69) is 10.3 Å². The molecule has 0 aromatic heterocycles. The summed E-state index contributed by atoms with van der Waals surface area (Å²) in [5.41, 5.74) is 1.80. The molecule has 0 bridgehead atoms. The van der Waals surface area contributed by atoms with E-state index in [4.69, 9.17) is 11.6 Å². The van der Waals surface area contributed by atoms with Crippen LogP contribution in [-0.2, 0) is 17.9 Å². The molecular weight excluding hydrogens is 390 g/mol. The molecule has 0 radical (unpaired) electrons. The van der Waals surface area contributed by atoms with Gasteiger partial charge < -0.3 is 15.1 Å². The molecule has 4 rings (SSSR count). The van der Waals surface area contributed by atoms with Crippen LogP contribution in [0.5, 0.6) is 0 Å². The summed E-state index contributed by atoms with van der Waals surface area (Å²) in [5, 5.41) is 3.76. The van der Waals surface area contributed by atoms with Crippen molar-refractivity contribution in [1.29, 1.82) is 0 Å². The van der Waals surface area contributed by atoms with Gasteiger partial charge in [0, 0.05) is 19.1 Å². The Kier molecular flexibility index (Phi) is 5.15. The second-order valence-corrected chi connectivity index (χ2v) is 7.59. The third kappa shape index (κ3) is 3.53. The van der Waals surface area contributed by atoms with Crippen LogP contribution in [0, 0.1) is 0 Å². The molecule has 7 nitrogen and oxygen atoms in total. The Morgan fingerprint density at radius 3 is 2.41 bits per heavy atom. The summed E-state index contributed by atoms with van der Waals surface area (Å²) in [6, 6.07) is 16.2. The lowest BCUT2D eigenvalue weighted by atomic mass is 10.1. The molecule has 0 aliphatic carbocycles. The van der Waals surface area contributed by atoms with Crippen molar-refractivity contribution in [2.45, 2.75) is 25.3 Å². The highest BCUT2D eigenvalue weighted by Crippen LogP contribution is 2.26. The molecule has 1 N–H and O–H groups in total. The largest absolute Gasteiger partial charge is 0.334 e. The molecule has 0 spiro atoms. The van der Waals surface area contributed by atoms with E-state index >= 15 is 0 Å². The molecule has 2 aromatic carbocycles. The zero-order valence-electron chi connectivity index (χ0n) is 16.2. The van der Waals surface area contributed by atoms with Gasteiger partial charge in [0.25, 0.3) is 5.91 Å². The number of benzene rings is 2. The number of fused-ring (bicyclic) bond motifs is 1. The fraction of sp³-hybridized carbons (Fsp3) is 0.286. The summed E-state index contributed by atoms with van der Waals surface area (Å²) in [6.45, 7) is 0.622. The van der Waals surface area contributed by atoms with Crippen LogP contribution in [0.25, 0.3) is 0 Å². The Hall–Kier alpha value is -3.06. The van der Waals surface area contributed by atoms with Crippen molar-refractivity contribution in [2.75, 3.05) is 14.1 Å². The molecule has 2 heterocycles. The maximum Gasteiger partial charge on any atom is 0.328 e. The van der Waals surface area contributed by atoms with Crippen LogP contribution in [0.4, 0.5) is 4.79 Å². The number of carbonyl (C=O) groups excluding carboxylic acids is 2. The summed E-state index contributed by atoms with van der Waals surface area (Å²) in [7, 11) is 3.50. The Morgan fingerprint density at radius 2 is 1.69 bits per heavy atom. The SMILES string of the molecule is CN1C(=O)N(Cc2ccccc2Cl)C(=O)C2C1NC(=NCc1ccccc1)N2C. The first-order valence-electron chi connectivity index (χ1n) is 9.36. The maximum atomic E-state index is 13.2. The molecule has 2 unspecified atom stereocenters. The maximum absolute atomic E-state index is 13.2. The molecule has 2 atom stereocenters. The lowest BCUT2D eigenvalue weighted by Crippen LogP contribution is -2.65. The van der Waals surface area contributed by atoms with Crippen molar-refractivity contribution in [3.05, 3.63) is 70.7 Å². The van der Waals surface area contributed by atoms with E-state index < -0.39 is 12.2 Å². The first-order chi connectivity index (χ1) is 14.0. The highest BCUT2D eigenvalue weighted by atomic mass is 35.5. The molecule has 2 aliphatic heterocycles. The Bertz CT molecular complexity index is 965. The number of amides is 3. The van der Waals surface area contributed by atoms with E-state index in [1.807, 2.05) is 55.6 Å². The van der Waals surface area contributed by atoms with Gasteiger partial charge in [0.1, 0.15) is 6.17 Å². The number of guanidine groups is 1. The average Bonchev–Trinajstić information content (AvgIpc) is 3.06. The first kappa shape index (κ1) is 19.3. The van der Waals surface area contributed by atoms with E-state index in [9.17, 15) is 9.59 Å². The van der Waals surface area contributed by atoms with Crippen molar-refractivity contribution < 1.29 is 9.59 Å². The summed E-state index contributed by atoms with van der Waals surface area (Å²) in [4.78, 5) is 35.3. The normalized spacial score (nSPS) is 22.9. The lowest BCUT2D eigenvalue weighted by Gasteiger charge is -2.40. The number of nitrogens with one attached hydrogen (secondary N) is 1. The van der Waals surface area contributed by atoms with Gasteiger partial charge in [0.05, 0.1) is 13.1 Å². The Morgan fingerprint density at radius 1 is 1.00 bits per heavy atom. The Labute approximate surface area is 174 Å². The summed E-state index contributed by atoms with van der Waals surface area (Å²) >= 11 is 6.23. The van der Waals surface area contributed by atoms with Gasteiger partial charge >= 0.3 is 6.03 Å². The number of halogens is 1. The van der Waals surface area contributed by atoms with Crippen LogP contribution in [0.3, 0.4) is 0 Å². The fourth-order valence-corrected chi connectivity index (χ4v) is 3.87. The van der Waals surface area contributed by atoms with Crippen molar-refractivity contribution >= 4 is 29.5 Å². The Balaban J connectivity index is 1.57. The van der Waals surface area contributed by atoms with Crippen molar-refractivity contribution in [3.63, 3.8) is 0 Å². The van der Waals surface area contributed by atoms with Crippen LogP contribution < -0.4 is 5.32 Å². The molecule has 2 saturated heterocycles. The minimum Gasteiger partial charge on any atom is -0.334 e. The molecule has 29 heavy (non-hydrogen) atoms. The zero-order chi connectivity index (χ0) is 20.5. The standard InChI is InChI=1S/C21H22ClN5O2/c1-25-17-18(24-20(25)23-12-14-8-4-3-5-9-14)26(2)21(29)27(19(17)28)13-15-10-6-7-11-16(15)22/h3-11,17-18H,12-13H2,1-2H3,(H,23,24). The van der Waals surface area contributed by atoms with E-state index in [1.54, 1.807) is 22.9 Å². The van der Waals surface area contributed by atoms with Crippen LogP contribution >= 0.6 is 11.6 Å². The molecule has 3 amide bonds. The van der Waals surface area contributed by atoms with Crippen LogP contribution in [0.2, 0.25) is 5.02 Å². The quantitative estimate of drug-likeness (QED) is 0.839. The predicted octanol–water partition coefficient (Wildman–Crippen LogP) is 2.52. The minimum absolute atomic E-state index is 0.134. The second kappa shape index (κ2) is 7.75. The van der Waals surface area contributed by atoms with E-state index in [0.717, 1.165) is 11.1 Å². The number of carbonyl (C=O) groups is 2. The lowest BCUT2D eigenvalue weighted by molar-refractivity contribution is -0.137. The molecule has 150 valence electrons. The second-order valence-electron chi connectivity index (χ2n) is 7.18. The summed E-state index contributed by atoms with van der Waals surface area (Å²) in [6.07, 6.45) is -0.461. The summed E-state index contributed by atoms with van der Waals surface area (Å²) in [5.74, 6) is 0.328. The number of rotatable bonds is 4. The van der Waals surface area contributed by atoms with Gasteiger partial charge in [-0.15, -0.1) is 0 Å². The van der Waals surface area contributed by atoms with E-state index in [0.29, 0.717) is 17.5 Å². The van der Waals surface area contributed by atoms with Crippen LogP contribution in [0.1, 0.15) is 11.1 Å². The number of hydrogen-bond acceptors (Lipinski definition) is 3. The first-order valence-corrected chi connectivity index (χ1v) is 9.74.